The molecule has 138 valence electrons. The summed E-state index contributed by atoms with van der Waals surface area (Å²) in [4.78, 5) is 19.0. The molecule has 2 fully saturated rings. The molecule has 0 saturated carbocycles. The molecule has 0 bridgehead atoms. The van der Waals surface area contributed by atoms with Gasteiger partial charge in [0.25, 0.3) is 5.91 Å². The third kappa shape index (κ3) is 3.89. The average molecular weight is 356 g/mol. The second kappa shape index (κ2) is 7.88. The van der Waals surface area contributed by atoms with E-state index in [1.54, 1.807) is 6.07 Å². The molecule has 3 heterocycles. The lowest BCUT2D eigenvalue weighted by Crippen LogP contribution is -2.48. The lowest BCUT2D eigenvalue weighted by atomic mass is 10.2. The number of anilines is 1. The number of rotatable bonds is 4. The molecule has 7 nitrogen and oxygen atoms in total. The maximum atomic E-state index is 12.7. The van der Waals surface area contributed by atoms with Gasteiger partial charge in [0.1, 0.15) is 0 Å². The van der Waals surface area contributed by atoms with Crippen LogP contribution in [-0.4, -0.2) is 73.3 Å². The predicted octanol–water partition coefficient (Wildman–Crippen LogP) is 1.47. The van der Waals surface area contributed by atoms with E-state index in [9.17, 15) is 4.79 Å². The molecule has 0 N–H and O–H groups in total. The molecule has 26 heavy (non-hydrogen) atoms. The van der Waals surface area contributed by atoms with Gasteiger partial charge < -0.3 is 19.1 Å². The summed E-state index contributed by atoms with van der Waals surface area (Å²) in [6.45, 7) is 6.97. The van der Waals surface area contributed by atoms with E-state index in [2.05, 4.69) is 39.2 Å². The van der Waals surface area contributed by atoms with Crippen LogP contribution in [0.25, 0.3) is 0 Å². The summed E-state index contributed by atoms with van der Waals surface area (Å²) in [5.41, 5.74) is 1.70. The van der Waals surface area contributed by atoms with Crippen molar-refractivity contribution in [3.63, 3.8) is 0 Å². The third-order valence-corrected chi connectivity index (χ3v) is 4.95. The van der Waals surface area contributed by atoms with Crippen molar-refractivity contribution < 1.29 is 14.1 Å². The summed E-state index contributed by atoms with van der Waals surface area (Å²) in [6, 6.07) is 12.2. The number of hydrogen-bond donors (Lipinski definition) is 0. The highest BCUT2D eigenvalue weighted by Gasteiger charge is 2.26. The Kier molecular flexibility index (Phi) is 5.17. The molecule has 1 aromatic heterocycles. The fourth-order valence-corrected chi connectivity index (χ4v) is 3.41. The topological polar surface area (TPSA) is 62.1 Å². The maximum absolute atomic E-state index is 12.7. The highest BCUT2D eigenvalue weighted by atomic mass is 16.5. The molecule has 0 radical (unpaired) electrons. The Hall–Kier alpha value is -2.38. The number of amides is 1. The summed E-state index contributed by atoms with van der Waals surface area (Å²) in [5.74, 6) is 0.604. The second-order valence-electron chi connectivity index (χ2n) is 6.70. The summed E-state index contributed by atoms with van der Waals surface area (Å²) in [6.07, 6.45) is 0. The first-order valence-electron chi connectivity index (χ1n) is 9.14. The SMILES string of the molecule is O=C(c1cc(N2CCOCC2)on1)N1CCN(Cc2ccccc2)CC1. The zero-order chi connectivity index (χ0) is 17.8. The predicted molar refractivity (Wildman–Crippen MR) is 97.2 cm³/mol. The van der Waals surface area contributed by atoms with E-state index in [0.29, 0.717) is 37.9 Å². The zero-order valence-electron chi connectivity index (χ0n) is 14.8. The minimum Gasteiger partial charge on any atom is -0.378 e. The summed E-state index contributed by atoms with van der Waals surface area (Å²) in [5, 5.41) is 3.99. The molecule has 2 aromatic rings. The lowest BCUT2D eigenvalue weighted by Gasteiger charge is -2.34. The molecular formula is C19H24N4O3. The van der Waals surface area contributed by atoms with Crippen molar-refractivity contribution in [2.45, 2.75) is 6.54 Å². The Bertz CT molecular complexity index is 719. The van der Waals surface area contributed by atoms with Crippen LogP contribution in [0.15, 0.2) is 40.9 Å². The largest absolute Gasteiger partial charge is 0.378 e. The van der Waals surface area contributed by atoms with Gasteiger partial charge in [-0.3, -0.25) is 9.69 Å². The minimum atomic E-state index is -0.0485. The Balaban J connectivity index is 1.31. The smallest absolute Gasteiger partial charge is 0.276 e. The van der Waals surface area contributed by atoms with Crippen LogP contribution >= 0.6 is 0 Å². The highest BCUT2D eigenvalue weighted by molar-refractivity contribution is 5.93. The van der Waals surface area contributed by atoms with E-state index in [0.717, 1.165) is 32.7 Å². The quantitative estimate of drug-likeness (QED) is 0.827. The number of benzene rings is 1. The second-order valence-corrected chi connectivity index (χ2v) is 6.70. The third-order valence-electron chi connectivity index (χ3n) is 4.95. The van der Waals surface area contributed by atoms with Crippen LogP contribution < -0.4 is 4.90 Å². The molecule has 4 rings (SSSR count). The number of carbonyl (C=O) groups is 1. The van der Waals surface area contributed by atoms with Crippen molar-refractivity contribution in [1.29, 1.82) is 0 Å². The van der Waals surface area contributed by atoms with Crippen molar-refractivity contribution in [1.82, 2.24) is 15.0 Å². The fourth-order valence-electron chi connectivity index (χ4n) is 3.41. The molecule has 0 aliphatic carbocycles. The Morgan fingerprint density at radius 3 is 2.46 bits per heavy atom. The zero-order valence-corrected chi connectivity index (χ0v) is 14.8. The minimum absolute atomic E-state index is 0.0485. The average Bonchev–Trinajstić information content (AvgIpc) is 3.20. The van der Waals surface area contributed by atoms with Crippen LogP contribution in [0.2, 0.25) is 0 Å². The highest BCUT2D eigenvalue weighted by Crippen LogP contribution is 2.19. The van der Waals surface area contributed by atoms with Gasteiger partial charge in [-0.15, -0.1) is 0 Å². The van der Waals surface area contributed by atoms with E-state index in [1.165, 1.54) is 5.56 Å². The van der Waals surface area contributed by atoms with Gasteiger partial charge in [-0.25, -0.2) is 0 Å². The monoisotopic (exact) mass is 356 g/mol. The first kappa shape index (κ1) is 17.1. The van der Waals surface area contributed by atoms with Gasteiger partial charge in [-0.2, -0.15) is 0 Å². The van der Waals surface area contributed by atoms with E-state index in [-0.39, 0.29) is 5.91 Å². The number of morpholine rings is 1. The van der Waals surface area contributed by atoms with Gasteiger partial charge in [0, 0.05) is 51.9 Å². The molecule has 2 aliphatic heterocycles. The Labute approximate surface area is 153 Å². The van der Waals surface area contributed by atoms with Crippen LogP contribution in [0.3, 0.4) is 0 Å². The van der Waals surface area contributed by atoms with Crippen LogP contribution in [-0.2, 0) is 11.3 Å². The molecule has 2 saturated heterocycles. The normalized spacial score (nSPS) is 18.9. The molecule has 7 heteroatoms. The van der Waals surface area contributed by atoms with E-state index in [1.807, 2.05) is 11.0 Å². The van der Waals surface area contributed by atoms with Crippen molar-refractivity contribution >= 4 is 11.8 Å². The first-order chi connectivity index (χ1) is 12.8. The van der Waals surface area contributed by atoms with Crippen molar-refractivity contribution in [2.24, 2.45) is 0 Å². The standard InChI is InChI=1S/C19H24N4O3/c24-19(17-14-18(26-20-17)22-10-12-25-13-11-22)23-8-6-21(7-9-23)15-16-4-2-1-3-5-16/h1-5,14H,6-13,15H2. The number of aromatic nitrogens is 1. The van der Waals surface area contributed by atoms with Crippen molar-refractivity contribution in [2.75, 3.05) is 57.4 Å². The summed E-state index contributed by atoms with van der Waals surface area (Å²) >= 11 is 0. The molecular weight excluding hydrogens is 332 g/mol. The van der Waals surface area contributed by atoms with Gasteiger partial charge in [0.2, 0.25) is 5.88 Å². The van der Waals surface area contributed by atoms with Gasteiger partial charge in [0.05, 0.1) is 13.2 Å². The molecule has 0 atom stereocenters. The molecule has 0 unspecified atom stereocenters. The number of ether oxygens (including phenoxy) is 1. The van der Waals surface area contributed by atoms with Gasteiger partial charge in [-0.05, 0) is 5.56 Å². The van der Waals surface area contributed by atoms with Crippen molar-refractivity contribution in [3.8, 4) is 0 Å². The number of carbonyl (C=O) groups excluding carboxylic acids is 1. The van der Waals surface area contributed by atoms with Gasteiger partial charge >= 0.3 is 0 Å². The summed E-state index contributed by atoms with van der Waals surface area (Å²) < 4.78 is 10.7. The van der Waals surface area contributed by atoms with Crippen LogP contribution in [0.4, 0.5) is 5.88 Å². The van der Waals surface area contributed by atoms with Crippen LogP contribution in [0, 0.1) is 0 Å². The maximum Gasteiger partial charge on any atom is 0.276 e. The molecule has 1 amide bonds. The van der Waals surface area contributed by atoms with Crippen LogP contribution in [0.1, 0.15) is 16.1 Å². The van der Waals surface area contributed by atoms with E-state index >= 15 is 0 Å². The Morgan fingerprint density at radius 1 is 1.00 bits per heavy atom. The first-order valence-corrected chi connectivity index (χ1v) is 9.14. The van der Waals surface area contributed by atoms with E-state index < -0.39 is 0 Å². The van der Waals surface area contributed by atoms with Gasteiger partial charge in [0.15, 0.2) is 5.69 Å². The molecule has 1 aromatic carbocycles. The van der Waals surface area contributed by atoms with Crippen molar-refractivity contribution in [3.05, 3.63) is 47.7 Å². The fraction of sp³-hybridized carbons (Fsp3) is 0.474. The number of hydrogen-bond acceptors (Lipinski definition) is 6. The summed E-state index contributed by atoms with van der Waals surface area (Å²) in [7, 11) is 0. The lowest BCUT2D eigenvalue weighted by molar-refractivity contribution is 0.0618. The Morgan fingerprint density at radius 2 is 1.73 bits per heavy atom. The van der Waals surface area contributed by atoms with E-state index in [4.69, 9.17) is 9.26 Å². The molecule has 0 spiro atoms. The molecule has 2 aliphatic rings. The number of nitrogens with zero attached hydrogens (tertiary/aromatic N) is 4. The van der Waals surface area contributed by atoms with Crippen LogP contribution in [0.5, 0.6) is 0 Å². The number of piperazine rings is 1. The van der Waals surface area contributed by atoms with Gasteiger partial charge in [-0.1, -0.05) is 35.5 Å².